The van der Waals surface area contributed by atoms with Gasteiger partial charge in [-0.05, 0) is 25.1 Å². The lowest BCUT2D eigenvalue weighted by Crippen LogP contribution is -2.49. The van der Waals surface area contributed by atoms with Crippen molar-refractivity contribution in [3.63, 3.8) is 0 Å². The molecule has 11 heteroatoms. The zero-order valence-electron chi connectivity index (χ0n) is 19.0. The summed E-state index contributed by atoms with van der Waals surface area (Å²) in [6, 6.07) is 14.9. The first-order valence-electron chi connectivity index (χ1n) is 11.2. The number of aryl methyl sites for hydroxylation is 1. The summed E-state index contributed by atoms with van der Waals surface area (Å²) in [5.41, 5.74) is 8.82. The second kappa shape index (κ2) is 10.0. The van der Waals surface area contributed by atoms with Crippen molar-refractivity contribution in [3.8, 4) is 11.3 Å². The predicted octanol–water partition coefficient (Wildman–Crippen LogP) is 2.63. The highest BCUT2D eigenvalue weighted by Crippen LogP contribution is 2.32. The first-order chi connectivity index (χ1) is 17.1. The molecule has 2 aromatic carbocycles. The van der Waals surface area contributed by atoms with Gasteiger partial charge in [0.2, 0.25) is 0 Å². The van der Waals surface area contributed by atoms with Crippen molar-refractivity contribution in [2.45, 2.75) is 37.7 Å². The van der Waals surface area contributed by atoms with Crippen LogP contribution in [0, 0.1) is 6.92 Å². The van der Waals surface area contributed by atoms with Crippen LogP contribution in [0.3, 0.4) is 0 Å². The molecule has 180 valence electrons. The van der Waals surface area contributed by atoms with Crippen LogP contribution in [0.2, 0.25) is 0 Å². The molecule has 4 N–H and O–H groups in total. The molecule has 0 spiro atoms. The minimum atomic E-state index is -0.999. The summed E-state index contributed by atoms with van der Waals surface area (Å²) >= 11 is 1.59. The Kier molecular flexibility index (Phi) is 6.64. The fourth-order valence-corrected chi connectivity index (χ4v) is 5.07. The minimum Gasteiger partial charge on any atom is -0.394 e. The van der Waals surface area contributed by atoms with Crippen molar-refractivity contribution in [2.24, 2.45) is 15.7 Å². The lowest BCUT2D eigenvalue weighted by Gasteiger charge is -2.38. The van der Waals surface area contributed by atoms with Crippen LogP contribution >= 0.6 is 11.3 Å². The number of amidine groups is 1. The predicted molar refractivity (Wildman–Crippen MR) is 135 cm³/mol. The van der Waals surface area contributed by atoms with E-state index in [1.165, 1.54) is 0 Å². The Morgan fingerprint density at radius 1 is 1.29 bits per heavy atom. The highest BCUT2D eigenvalue weighted by atomic mass is 32.1. The topological polar surface area (TPSA) is 144 Å². The summed E-state index contributed by atoms with van der Waals surface area (Å²) in [6.07, 6.45) is 0.767. The first-order valence-corrected chi connectivity index (χ1v) is 12.0. The Morgan fingerprint density at radius 3 is 2.89 bits per heavy atom. The zero-order valence-corrected chi connectivity index (χ0v) is 19.8. The summed E-state index contributed by atoms with van der Waals surface area (Å²) < 4.78 is 8.63. The van der Waals surface area contributed by atoms with Crippen LogP contribution < -0.4 is 5.73 Å². The molecule has 1 fully saturated rings. The molecule has 4 atom stereocenters. The smallest absolute Gasteiger partial charge is 0.159 e. The van der Waals surface area contributed by atoms with Gasteiger partial charge in [-0.15, -0.1) is 16.4 Å². The van der Waals surface area contributed by atoms with Gasteiger partial charge in [-0.25, -0.2) is 19.7 Å². The number of benzene rings is 2. The quantitative estimate of drug-likeness (QED) is 0.287. The molecule has 5 rings (SSSR count). The van der Waals surface area contributed by atoms with E-state index < -0.39 is 24.4 Å². The molecule has 0 saturated carbocycles. The minimum absolute atomic E-state index is 0.313. The number of fused-ring (bicyclic) bond motifs is 1. The Balaban J connectivity index is 1.46. The van der Waals surface area contributed by atoms with Gasteiger partial charge in [0.15, 0.2) is 5.84 Å². The third-order valence-electron chi connectivity index (χ3n) is 5.89. The van der Waals surface area contributed by atoms with Crippen LogP contribution in [0.25, 0.3) is 21.5 Å². The summed E-state index contributed by atoms with van der Waals surface area (Å²) in [6.45, 7) is 1.58. The van der Waals surface area contributed by atoms with E-state index in [1.54, 1.807) is 22.2 Å². The van der Waals surface area contributed by atoms with Crippen molar-refractivity contribution in [3.05, 3.63) is 59.7 Å². The second-order valence-corrected chi connectivity index (χ2v) is 9.46. The molecule has 3 heterocycles. The molecule has 35 heavy (non-hydrogen) atoms. The van der Waals surface area contributed by atoms with E-state index in [-0.39, 0.29) is 6.61 Å². The van der Waals surface area contributed by atoms with Gasteiger partial charge in [0.1, 0.15) is 24.0 Å². The molecule has 10 nitrogen and oxygen atoms in total. The highest BCUT2D eigenvalue weighted by molar-refractivity contribution is 7.18. The number of aliphatic imine (C=N–C) groups is 2. The maximum absolute atomic E-state index is 10.9. The van der Waals surface area contributed by atoms with E-state index in [9.17, 15) is 10.2 Å². The van der Waals surface area contributed by atoms with Crippen LogP contribution in [0.4, 0.5) is 5.69 Å². The van der Waals surface area contributed by atoms with Crippen LogP contribution in [-0.4, -0.2) is 67.3 Å². The van der Waals surface area contributed by atoms with Crippen molar-refractivity contribution >= 4 is 39.4 Å². The van der Waals surface area contributed by atoms with Gasteiger partial charge in [0.25, 0.3) is 0 Å². The normalized spacial score (nSPS) is 23.3. The van der Waals surface area contributed by atoms with Gasteiger partial charge in [-0.3, -0.25) is 0 Å². The number of aliphatic hydroxyl groups is 2. The van der Waals surface area contributed by atoms with Crippen molar-refractivity contribution < 1.29 is 14.9 Å². The molecule has 1 aliphatic rings. The average molecular weight is 492 g/mol. The third kappa shape index (κ3) is 4.84. The molecule has 0 amide bonds. The van der Waals surface area contributed by atoms with E-state index in [1.807, 2.05) is 55.5 Å². The molecular weight excluding hydrogens is 466 g/mol. The Bertz CT molecular complexity index is 1370. The molecule has 0 radical (unpaired) electrons. The number of nitrogens with two attached hydrogens (primary N) is 1. The summed E-state index contributed by atoms with van der Waals surface area (Å²) in [5, 5.41) is 30.3. The second-order valence-electron chi connectivity index (χ2n) is 8.22. The number of nitrogens with zero attached hydrogens (tertiary/aromatic N) is 6. The standard InChI is InChI=1S/C24H25N7O3S/c1-14-27-17-8-7-16(9-22(17)35-14)28-24(26-13-25)20-10-19(23(33)21(12-32)34-20)31-11-18(29-30-31)15-5-3-2-4-6-15/h2-9,11,13,19-21,23,32-33H,10,12H2,1H3,(H2,25,26,28). The number of aromatic nitrogens is 4. The van der Waals surface area contributed by atoms with Gasteiger partial charge in [0, 0.05) is 12.0 Å². The lowest BCUT2D eigenvalue weighted by atomic mass is 9.95. The number of aliphatic hydroxyl groups excluding tert-OH is 2. The van der Waals surface area contributed by atoms with Crippen LogP contribution in [-0.2, 0) is 4.74 Å². The summed E-state index contributed by atoms with van der Waals surface area (Å²) in [5.74, 6) is 0.340. The summed E-state index contributed by atoms with van der Waals surface area (Å²) in [7, 11) is 0. The van der Waals surface area contributed by atoms with Gasteiger partial charge >= 0.3 is 0 Å². The first kappa shape index (κ1) is 23.2. The van der Waals surface area contributed by atoms with E-state index in [0.717, 1.165) is 27.1 Å². The van der Waals surface area contributed by atoms with Gasteiger partial charge in [-0.2, -0.15) is 0 Å². The summed E-state index contributed by atoms with van der Waals surface area (Å²) in [4.78, 5) is 13.4. The van der Waals surface area contributed by atoms with Crippen molar-refractivity contribution in [1.82, 2.24) is 20.0 Å². The molecule has 0 bridgehead atoms. The van der Waals surface area contributed by atoms with Crippen molar-refractivity contribution in [1.29, 1.82) is 0 Å². The van der Waals surface area contributed by atoms with E-state index >= 15 is 0 Å². The highest BCUT2D eigenvalue weighted by Gasteiger charge is 2.41. The molecule has 4 aromatic rings. The van der Waals surface area contributed by atoms with E-state index in [0.29, 0.717) is 23.6 Å². The van der Waals surface area contributed by atoms with Crippen molar-refractivity contribution in [2.75, 3.05) is 6.61 Å². The molecule has 1 aliphatic heterocycles. The van der Waals surface area contributed by atoms with Gasteiger partial charge in [0.05, 0.1) is 46.1 Å². The van der Waals surface area contributed by atoms with Crippen LogP contribution in [0.1, 0.15) is 17.5 Å². The fourth-order valence-electron chi connectivity index (χ4n) is 4.21. The molecule has 0 aliphatic carbocycles. The maximum atomic E-state index is 10.9. The number of hydrogen-bond donors (Lipinski definition) is 3. The lowest BCUT2D eigenvalue weighted by molar-refractivity contribution is -0.137. The zero-order chi connectivity index (χ0) is 24.4. The molecule has 2 aromatic heterocycles. The third-order valence-corrected chi connectivity index (χ3v) is 6.82. The monoisotopic (exact) mass is 491 g/mol. The van der Waals surface area contributed by atoms with Gasteiger partial charge in [-0.1, -0.05) is 35.5 Å². The maximum Gasteiger partial charge on any atom is 0.159 e. The fraction of sp³-hybridized carbons (Fsp3) is 0.292. The number of ether oxygens (including phenoxy) is 1. The molecule has 1 saturated heterocycles. The number of rotatable bonds is 5. The van der Waals surface area contributed by atoms with Crippen LogP contribution in [0.5, 0.6) is 0 Å². The Labute approximate surface area is 205 Å². The number of thiazole rings is 1. The Hall–Kier alpha value is -3.51. The van der Waals surface area contributed by atoms with Gasteiger partial charge < -0.3 is 20.7 Å². The van der Waals surface area contributed by atoms with E-state index in [2.05, 4.69) is 20.3 Å². The van der Waals surface area contributed by atoms with Crippen LogP contribution in [0.15, 0.2) is 64.7 Å². The molecule has 4 unspecified atom stereocenters. The molecular formula is C24H25N7O3S. The number of hydrogen-bond acceptors (Lipinski definition) is 8. The average Bonchev–Trinajstić information content (AvgIpc) is 3.50. The largest absolute Gasteiger partial charge is 0.394 e. The SMILES string of the molecule is Cc1nc2ccc(N=C(N=CN)C3CC(n4cc(-c5ccccc5)nn4)C(O)C(CO)O3)cc2s1. The Morgan fingerprint density at radius 2 is 2.11 bits per heavy atom. The van der Waals surface area contributed by atoms with E-state index in [4.69, 9.17) is 15.5 Å².